The van der Waals surface area contributed by atoms with E-state index >= 15 is 0 Å². The summed E-state index contributed by atoms with van der Waals surface area (Å²) in [6.07, 6.45) is 0. The molecule has 0 saturated carbocycles. The van der Waals surface area contributed by atoms with E-state index in [1.807, 2.05) is 0 Å². The van der Waals surface area contributed by atoms with Gasteiger partial charge in [0.05, 0.1) is 23.9 Å². The minimum atomic E-state index is -0.771. The number of carbonyl (C=O) groups is 4. The first kappa shape index (κ1) is 16.4. The van der Waals surface area contributed by atoms with Gasteiger partial charge in [-0.2, -0.15) is 0 Å². The Morgan fingerprint density at radius 2 is 1.68 bits per heavy atom. The number of hydrogen-bond donors (Lipinski definition) is 1. The Bertz CT molecular complexity index is 902. The zero-order chi connectivity index (χ0) is 18.1. The molecule has 7 heteroatoms. The second-order valence-corrected chi connectivity index (χ2v) is 5.49. The van der Waals surface area contributed by atoms with Crippen molar-refractivity contribution in [3.8, 4) is 11.1 Å². The van der Waals surface area contributed by atoms with Crippen LogP contribution in [0.3, 0.4) is 0 Å². The highest BCUT2D eigenvalue weighted by Gasteiger charge is 2.36. The van der Waals surface area contributed by atoms with Crippen LogP contribution < -0.4 is 10.6 Å². The number of ether oxygens (including phenoxy) is 1. The topological polar surface area (TPSA) is 107 Å². The van der Waals surface area contributed by atoms with Crippen LogP contribution in [-0.4, -0.2) is 37.2 Å². The molecule has 0 spiro atoms. The van der Waals surface area contributed by atoms with Gasteiger partial charge in [-0.15, -0.1) is 0 Å². The van der Waals surface area contributed by atoms with Crippen molar-refractivity contribution in [3.63, 3.8) is 0 Å². The third-order valence-electron chi connectivity index (χ3n) is 3.92. The number of benzene rings is 2. The van der Waals surface area contributed by atoms with Gasteiger partial charge in [0.2, 0.25) is 5.91 Å². The summed E-state index contributed by atoms with van der Waals surface area (Å²) in [6, 6.07) is 11.6. The summed E-state index contributed by atoms with van der Waals surface area (Å²) in [5.41, 5.74) is 7.60. The molecule has 0 fully saturated rings. The predicted octanol–water partition coefficient (Wildman–Crippen LogP) is 1.15. The van der Waals surface area contributed by atoms with E-state index in [4.69, 9.17) is 5.73 Å². The van der Waals surface area contributed by atoms with Crippen molar-refractivity contribution in [3.05, 3.63) is 53.6 Å². The minimum absolute atomic E-state index is 0.223. The Balaban J connectivity index is 1.97. The molecular formula is C18H14N2O5. The maximum atomic E-state index is 12.1. The summed E-state index contributed by atoms with van der Waals surface area (Å²) >= 11 is 0. The highest BCUT2D eigenvalue weighted by atomic mass is 16.5. The molecule has 0 radical (unpaired) electrons. The molecule has 2 amide bonds. The molecule has 1 aliphatic heterocycles. The number of rotatable bonds is 4. The highest BCUT2D eigenvalue weighted by molar-refractivity contribution is 6.52. The van der Waals surface area contributed by atoms with E-state index in [-0.39, 0.29) is 12.1 Å². The molecule has 0 bridgehead atoms. The Morgan fingerprint density at radius 3 is 2.28 bits per heavy atom. The van der Waals surface area contributed by atoms with Crippen LogP contribution >= 0.6 is 0 Å². The van der Waals surface area contributed by atoms with Gasteiger partial charge in [-0.05, 0) is 35.4 Å². The third kappa shape index (κ3) is 2.87. The van der Waals surface area contributed by atoms with Crippen LogP contribution in [0, 0.1) is 0 Å². The molecule has 0 saturated heterocycles. The fourth-order valence-corrected chi connectivity index (χ4v) is 2.71. The van der Waals surface area contributed by atoms with Gasteiger partial charge in [0.25, 0.3) is 11.7 Å². The number of carbonyl (C=O) groups excluding carboxylic acids is 4. The first-order chi connectivity index (χ1) is 11.9. The van der Waals surface area contributed by atoms with Gasteiger partial charge in [-0.1, -0.05) is 18.2 Å². The van der Waals surface area contributed by atoms with Crippen LogP contribution in [0.25, 0.3) is 11.1 Å². The molecule has 0 atom stereocenters. The second-order valence-electron chi connectivity index (χ2n) is 5.49. The van der Waals surface area contributed by atoms with Gasteiger partial charge in [0.15, 0.2) is 0 Å². The van der Waals surface area contributed by atoms with Gasteiger partial charge in [-0.25, -0.2) is 4.79 Å². The molecule has 25 heavy (non-hydrogen) atoms. The maximum absolute atomic E-state index is 12.1. The monoisotopic (exact) mass is 338 g/mol. The Morgan fingerprint density at radius 1 is 1.04 bits per heavy atom. The van der Waals surface area contributed by atoms with E-state index in [1.54, 1.807) is 42.5 Å². The van der Waals surface area contributed by atoms with E-state index < -0.39 is 23.6 Å². The molecule has 3 rings (SSSR count). The first-order valence-corrected chi connectivity index (χ1v) is 7.39. The fraction of sp³-hybridized carbons (Fsp3) is 0.111. The molecule has 2 aromatic rings. The molecule has 2 aromatic carbocycles. The van der Waals surface area contributed by atoms with E-state index in [2.05, 4.69) is 4.74 Å². The van der Waals surface area contributed by atoms with Crippen molar-refractivity contribution >= 4 is 29.3 Å². The molecule has 1 heterocycles. The van der Waals surface area contributed by atoms with Crippen molar-refractivity contribution in [2.45, 2.75) is 0 Å². The number of Topliss-reactive ketones (excluding diaryl/α,β-unsaturated/α-hetero) is 1. The standard InChI is InChI=1S/C18H14N2O5/c1-25-18(24)11-4-2-10(3-5-11)12-6-7-14-13(8-12)16(22)17(23)20(14)9-15(19)21/h2-8H,9H2,1H3,(H2,19,21). The van der Waals surface area contributed by atoms with Gasteiger partial charge < -0.3 is 10.5 Å². The summed E-state index contributed by atoms with van der Waals surface area (Å²) in [5, 5.41) is 0. The van der Waals surface area contributed by atoms with Crippen LogP contribution in [0.5, 0.6) is 0 Å². The number of anilines is 1. The lowest BCUT2D eigenvalue weighted by molar-refractivity contribution is -0.119. The maximum Gasteiger partial charge on any atom is 0.337 e. The van der Waals surface area contributed by atoms with Crippen molar-refractivity contribution in [1.82, 2.24) is 0 Å². The number of primary amides is 1. The lowest BCUT2D eigenvalue weighted by Crippen LogP contribution is -2.37. The normalized spacial score (nSPS) is 12.9. The van der Waals surface area contributed by atoms with E-state index in [0.717, 1.165) is 10.5 Å². The Labute approximate surface area is 143 Å². The highest BCUT2D eigenvalue weighted by Crippen LogP contribution is 2.33. The van der Waals surface area contributed by atoms with E-state index in [1.165, 1.54) is 7.11 Å². The largest absolute Gasteiger partial charge is 0.465 e. The zero-order valence-corrected chi connectivity index (χ0v) is 13.3. The van der Waals surface area contributed by atoms with Crippen molar-refractivity contribution < 1.29 is 23.9 Å². The number of esters is 1. The quantitative estimate of drug-likeness (QED) is 0.665. The third-order valence-corrected chi connectivity index (χ3v) is 3.92. The molecule has 126 valence electrons. The zero-order valence-electron chi connectivity index (χ0n) is 13.3. The molecule has 1 aliphatic rings. The van der Waals surface area contributed by atoms with Crippen molar-refractivity contribution in [1.29, 1.82) is 0 Å². The molecule has 0 aromatic heterocycles. The number of nitrogens with two attached hydrogens (primary N) is 1. The average Bonchev–Trinajstić information content (AvgIpc) is 2.85. The lowest BCUT2D eigenvalue weighted by Gasteiger charge is -2.14. The Hall–Kier alpha value is -3.48. The first-order valence-electron chi connectivity index (χ1n) is 7.39. The molecule has 7 nitrogen and oxygen atoms in total. The predicted molar refractivity (Wildman–Crippen MR) is 89.1 cm³/mol. The summed E-state index contributed by atoms with van der Waals surface area (Å²) < 4.78 is 4.65. The molecule has 2 N–H and O–H groups in total. The van der Waals surface area contributed by atoms with Gasteiger partial charge in [0, 0.05) is 0 Å². The summed E-state index contributed by atoms with van der Waals surface area (Å²) in [5.74, 6) is -2.59. The Kier molecular flexibility index (Phi) is 4.06. The van der Waals surface area contributed by atoms with Crippen LogP contribution in [0.15, 0.2) is 42.5 Å². The number of ketones is 1. The van der Waals surface area contributed by atoms with Crippen molar-refractivity contribution in [2.75, 3.05) is 18.6 Å². The van der Waals surface area contributed by atoms with Crippen molar-refractivity contribution in [2.24, 2.45) is 5.73 Å². The molecule has 0 aliphatic carbocycles. The molecule has 0 unspecified atom stereocenters. The number of hydrogen-bond acceptors (Lipinski definition) is 5. The van der Waals surface area contributed by atoms with E-state index in [0.29, 0.717) is 16.8 Å². The summed E-state index contributed by atoms with van der Waals surface area (Å²) in [4.78, 5) is 47.8. The van der Waals surface area contributed by atoms with Gasteiger partial charge in [0.1, 0.15) is 6.54 Å². The second kappa shape index (κ2) is 6.20. The number of amides is 2. The summed E-state index contributed by atoms with van der Waals surface area (Å²) in [7, 11) is 1.30. The summed E-state index contributed by atoms with van der Waals surface area (Å²) in [6.45, 7) is -0.343. The molecular weight excluding hydrogens is 324 g/mol. The number of methoxy groups -OCH3 is 1. The fourth-order valence-electron chi connectivity index (χ4n) is 2.71. The average molecular weight is 338 g/mol. The van der Waals surface area contributed by atoms with Gasteiger partial charge >= 0.3 is 5.97 Å². The number of fused-ring (bicyclic) bond motifs is 1. The SMILES string of the molecule is COC(=O)c1ccc(-c2ccc3c(c2)C(=O)C(=O)N3CC(N)=O)cc1. The van der Waals surface area contributed by atoms with Crippen LogP contribution in [0.4, 0.5) is 5.69 Å². The van der Waals surface area contributed by atoms with Gasteiger partial charge in [-0.3, -0.25) is 19.3 Å². The van der Waals surface area contributed by atoms with Crippen LogP contribution in [0.2, 0.25) is 0 Å². The van der Waals surface area contributed by atoms with Crippen LogP contribution in [-0.2, 0) is 14.3 Å². The smallest absolute Gasteiger partial charge is 0.337 e. The number of nitrogens with zero attached hydrogens (tertiary/aromatic N) is 1. The lowest BCUT2D eigenvalue weighted by atomic mass is 10.00. The van der Waals surface area contributed by atoms with E-state index in [9.17, 15) is 19.2 Å². The van der Waals surface area contributed by atoms with Crippen LogP contribution in [0.1, 0.15) is 20.7 Å². The minimum Gasteiger partial charge on any atom is -0.465 e.